The predicted molar refractivity (Wildman–Crippen MR) is 152 cm³/mol. The van der Waals surface area contributed by atoms with Gasteiger partial charge in [-0.15, -0.1) is 0 Å². The first-order valence-electron chi connectivity index (χ1n) is 15.2. The second kappa shape index (κ2) is 24.3. The monoisotopic (exact) mass is 523 g/mol. The number of halogens is 1. The van der Waals surface area contributed by atoms with Gasteiger partial charge in [-0.1, -0.05) is 102 Å². The lowest BCUT2D eigenvalue weighted by Crippen LogP contribution is -3.00. The molecule has 0 N–H and O–H groups in total. The van der Waals surface area contributed by atoms with E-state index in [1.165, 1.54) is 95.5 Å². The van der Waals surface area contributed by atoms with Crippen molar-refractivity contribution in [2.75, 3.05) is 32.8 Å². The maximum absolute atomic E-state index is 13.0. The van der Waals surface area contributed by atoms with Crippen molar-refractivity contribution in [3.05, 3.63) is 35.9 Å². The van der Waals surface area contributed by atoms with E-state index in [0.29, 0.717) is 13.2 Å². The minimum absolute atomic E-state index is 0. The van der Waals surface area contributed by atoms with Crippen molar-refractivity contribution in [2.45, 2.75) is 130 Å². The quantitative estimate of drug-likeness (QED) is 0.0958. The van der Waals surface area contributed by atoms with Crippen molar-refractivity contribution in [3.8, 4) is 0 Å². The summed E-state index contributed by atoms with van der Waals surface area (Å²) in [6.07, 6.45) is 21.0. The van der Waals surface area contributed by atoms with E-state index in [1.807, 2.05) is 0 Å². The minimum Gasteiger partial charge on any atom is -1.00 e. The van der Waals surface area contributed by atoms with Crippen LogP contribution >= 0.6 is 0 Å². The molecule has 0 spiro atoms. The van der Waals surface area contributed by atoms with Gasteiger partial charge in [0.25, 0.3) is 0 Å². The smallest absolute Gasteiger partial charge is 0.361 e. The summed E-state index contributed by atoms with van der Waals surface area (Å²) in [7, 11) is 0. The van der Waals surface area contributed by atoms with E-state index in [4.69, 9.17) is 4.74 Å². The number of nitrogens with zero attached hydrogens (tertiary/aromatic N) is 1. The molecule has 0 bridgehead atoms. The lowest BCUT2D eigenvalue weighted by Gasteiger charge is -2.38. The molecule has 0 fully saturated rings. The van der Waals surface area contributed by atoms with Crippen LogP contribution in [0.2, 0.25) is 0 Å². The van der Waals surface area contributed by atoms with Gasteiger partial charge in [0.2, 0.25) is 0 Å². The van der Waals surface area contributed by atoms with Gasteiger partial charge < -0.3 is 21.6 Å². The largest absolute Gasteiger partial charge is 1.00 e. The van der Waals surface area contributed by atoms with E-state index in [1.54, 1.807) is 0 Å². The molecule has 210 valence electrons. The van der Waals surface area contributed by atoms with Crippen molar-refractivity contribution >= 4 is 5.97 Å². The zero-order chi connectivity index (χ0) is 25.5. The number of ether oxygens (including phenoxy) is 1. The number of carbonyl (C=O) groups is 1. The summed E-state index contributed by atoms with van der Waals surface area (Å²) >= 11 is 0. The van der Waals surface area contributed by atoms with Crippen LogP contribution in [-0.2, 0) is 16.0 Å². The molecule has 1 rings (SSSR count). The summed E-state index contributed by atoms with van der Waals surface area (Å²) < 4.78 is 6.76. The van der Waals surface area contributed by atoms with Gasteiger partial charge in [-0.3, -0.25) is 0 Å². The summed E-state index contributed by atoms with van der Waals surface area (Å²) in [6, 6.07) is 10.7. The Bertz CT molecular complexity index is 576. The van der Waals surface area contributed by atoms with Crippen LogP contribution < -0.4 is 12.4 Å². The van der Waals surface area contributed by atoms with Gasteiger partial charge in [0.1, 0.15) is 0 Å². The number of aryl methyl sites for hydroxylation is 1. The fraction of sp³-hybridized carbons (Fsp3) is 0.781. The van der Waals surface area contributed by atoms with Crippen LogP contribution in [0.5, 0.6) is 0 Å². The van der Waals surface area contributed by atoms with Crippen LogP contribution in [0.1, 0.15) is 129 Å². The molecule has 36 heavy (non-hydrogen) atoms. The van der Waals surface area contributed by atoms with Gasteiger partial charge in [-0.25, -0.2) is 4.79 Å². The minimum atomic E-state index is 0. The topological polar surface area (TPSA) is 26.3 Å². The Morgan fingerprint density at radius 3 is 1.61 bits per heavy atom. The third-order valence-electron chi connectivity index (χ3n) is 7.39. The Morgan fingerprint density at radius 1 is 0.639 bits per heavy atom. The van der Waals surface area contributed by atoms with E-state index in [2.05, 4.69) is 51.1 Å². The molecule has 3 nitrogen and oxygen atoms in total. The van der Waals surface area contributed by atoms with Gasteiger partial charge in [0, 0.05) is 0 Å². The molecule has 0 aliphatic heterocycles. The third kappa shape index (κ3) is 18.2. The molecular formula is C32H58ClNO2. The van der Waals surface area contributed by atoms with Crippen molar-refractivity contribution in [1.29, 1.82) is 0 Å². The first-order valence-corrected chi connectivity index (χ1v) is 15.2. The highest BCUT2D eigenvalue weighted by Crippen LogP contribution is 2.18. The Hall–Kier alpha value is -1.06. The Morgan fingerprint density at radius 2 is 1.11 bits per heavy atom. The molecule has 0 saturated carbocycles. The Kier molecular flexibility index (Phi) is 23.6. The summed E-state index contributed by atoms with van der Waals surface area (Å²) in [5.41, 5.74) is 1.42. The third-order valence-corrected chi connectivity index (χ3v) is 7.39. The predicted octanol–water partition coefficient (Wildman–Crippen LogP) is 5.89. The zero-order valence-electron chi connectivity index (χ0n) is 24.1. The van der Waals surface area contributed by atoms with E-state index in [0.717, 1.165) is 43.4 Å². The molecule has 1 aromatic carbocycles. The number of hydrogen-bond donors (Lipinski definition) is 0. The van der Waals surface area contributed by atoms with Crippen LogP contribution in [0.3, 0.4) is 0 Å². The van der Waals surface area contributed by atoms with Gasteiger partial charge in [-0.05, 0) is 63.4 Å². The highest BCUT2D eigenvalue weighted by atomic mass is 35.5. The van der Waals surface area contributed by atoms with Crippen LogP contribution in [0, 0.1) is 0 Å². The number of carbonyl (C=O) groups excluding carboxylic acids is 1. The lowest BCUT2D eigenvalue weighted by molar-refractivity contribution is -0.922. The number of benzene rings is 1. The summed E-state index contributed by atoms with van der Waals surface area (Å²) in [6.45, 7) is 11.4. The second-order valence-corrected chi connectivity index (χ2v) is 10.7. The molecule has 0 radical (unpaired) electrons. The molecule has 4 heteroatoms. The molecule has 0 saturated heterocycles. The fourth-order valence-electron chi connectivity index (χ4n) is 5.13. The van der Waals surface area contributed by atoms with Crippen molar-refractivity contribution in [1.82, 2.24) is 0 Å². The fourth-order valence-corrected chi connectivity index (χ4v) is 5.13. The lowest BCUT2D eigenvalue weighted by atomic mass is 10.1. The Labute approximate surface area is 230 Å². The first-order chi connectivity index (χ1) is 17.2. The summed E-state index contributed by atoms with van der Waals surface area (Å²) in [5, 5.41) is 0. The molecular weight excluding hydrogens is 466 g/mol. The summed E-state index contributed by atoms with van der Waals surface area (Å²) in [5.74, 6) is 0.0377. The van der Waals surface area contributed by atoms with E-state index < -0.39 is 0 Å². The van der Waals surface area contributed by atoms with E-state index in [9.17, 15) is 4.79 Å². The average Bonchev–Trinajstić information content (AvgIpc) is 2.87. The number of rotatable bonds is 24. The normalized spacial score (nSPS) is 11.3. The second-order valence-electron chi connectivity index (χ2n) is 10.7. The number of quaternary nitrogens is 1. The van der Waals surface area contributed by atoms with Crippen LogP contribution in [-0.4, -0.2) is 43.2 Å². The van der Waals surface area contributed by atoms with Crippen LogP contribution in [0.25, 0.3) is 0 Å². The van der Waals surface area contributed by atoms with Crippen LogP contribution in [0.15, 0.2) is 30.3 Å². The zero-order valence-corrected chi connectivity index (χ0v) is 24.8. The van der Waals surface area contributed by atoms with Gasteiger partial charge in [0.15, 0.2) is 6.54 Å². The Balaban J connectivity index is 0.0000122. The van der Waals surface area contributed by atoms with Gasteiger partial charge >= 0.3 is 5.97 Å². The first kappa shape index (κ1) is 34.9. The van der Waals surface area contributed by atoms with E-state index in [-0.39, 0.29) is 18.4 Å². The molecule has 0 unspecified atom stereocenters. The summed E-state index contributed by atoms with van der Waals surface area (Å²) in [4.78, 5) is 13.0. The number of hydrogen-bond acceptors (Lipinski definition) is 2. The highest BCUT2D eigenvalue weighted by molar-refractivity contribution is 5.70. The number of esters is 1. The molecule has 1 aromatic rings. The molecule has 0 aliphatic carbocycles. The van der Waals surface area contributed by atoms with Crippen molar-refractivity contribution < 1.29 is 26.4 Å². The molecule has 0 heterocycles. The van der Waals surface area contributed by atoms with Crippen LogP contribution in [0.4, 0.5) is 0 Å². The standard InChI is InChI=1S/C32H58NO2.ClH/c1-4-7-10-19-26-33(27-20-11-8-5-2,28-21-12-9-6-3)30-32(34)35-29-22-14-13-16-23-31-24-17-15-18-25-31;/h15,17-18,24-25H,4-14,16,19-23,26-30H2,1-3H3;1H/q+1;/p-1. The molecule has 0 atom stereocenters. The molecule has 0 amide bonds. The van der Waals surface area contributed by atoms with E-state index >= 15 is 0 Å². The van der Waals surface area contributed by atoms with Crippen molar-refractivity contribution in [3.63, 3.8) is 0 Å². The molecule has 0 aliphatic rings. The molecule has 0 aromatic heterocycles. The van der Waals surface area contributed by atoms with Crippen molar-refractivity contribution in [2.24, 2.45) is 0 Å². The highest BCUT2D eigenvalue weighted by Gasteiger charge is 2.30. The number of unbranched alkanes of at least 4 members (excludes halogenated alkanes) is 12. The van der Waals surface area contributed by atoms with Gasteiger partial charge in [-0.2, -0.15) is 0 Å². The van der Waals surface area contributed by atoms with Gasteiger partial charge in [0.05, 0.1) is 26.2 Å². The maximum Gasteiger partial charge on any atom is 0.361 e. The average molecular weight is 524 g/mol. The SMILES string of the molecule is CCCCCC[N+](CCCCCC)(CCCCCC)CC(=O)OCCCCCCc1ccccc1.[Cl-]. The maximum atomic E-state index is 13.0.